The standard InChI is InChI=1S/C6H5N2O6P/c7-1-3(9)4-2(8)5-6(1)13-15(10,12-4)14-11-5/h9H,7-8H2. The maximum atomic E-state index is 11.6. The number of fused-ring (bicyclic) bond motifs is 2. The Labute approximate surface area is 82.8 Å². The molecule has 1 aromatic rings. The highest BCUT2D eigenvalue weighted by Gasteiger charge is 2.48. The molecule has 4 heterocycles. The summed E-state index contributed by atoms with van der Waals surface area (Å²) in [6.07, 6.45) is 0. The second kappa shape index (κ2) is 2.23. The van der Waals surface area contributed by atoms with Gasteiger partial charge in [-0.3, -0.25) is 0 Å². The number of nitrogens with two attached hydrogens (primary N) is 2. The Bertz CT molecular complexity index is 529. The molecule has 8 nitrogen and oxygen atoms in total. The summed E-state index contributed by atoms with van der Waals surface area (Å²) in [4.78, 5) is 4.63. The molecule has 4 aliphatic rings. The van der Waals surface area contributed by atoms with Crippen molar-refractivity contribution in [1.82, 2.24) is 0 Å². The molecule has 5 rings (SSSR count). The molecule has 5 N–H and O–H groups in total. The molecule has 0 saturated heterocycles. The third kappa shape index (κ3) is 0.872. The highest BCUT2D eigenvalue weighted by atomic mass is 31.2. The van der Waals surface area contributed by atoms with Gasteiger partial charge in [-0.2, -0.15) is 0 Å². The smallest absolute Gasteiger partial charge is 0.503 e. The van der Waals surface area contributed by atoms with Gasteiger partial charge in [0, 0.05) is 0 Å². The molecule has 0 aromatic heterocycles. The van der Waals surface area contributed by atoms with Crippen LogP contribution in [0.1, 0.15) is 0 Å². The van der Waals surface area contributed by atoms with Crippen LogP contribution in [0.3, 0.4) is 0 Å². The lowest BCUT2D eigenvalue weighted by Crippen LogP contribution is -2.10. The van der Waals surface area contributed by atoms with Gasteiger partial charge in [-0.1, -0.05) is 4.67 Å². The number of phosphoric acid groups is 1. The van der Waals surface area contributed by atoms with Crippen LogP contribution in [-0.2, 0) is 9.24 Å². The van der Waals surface area contributed by atoms with E-state index in [9.17, 15) is 9.67 Å². The van der Waals surface area contributed by atoms with Crippen molar-refractivity contribution in [2.24, 2.45) is 0 Å². The van der Waals surface area contributed by atoms with Crippen molar-refractivity contribution < 1.29 is 28.3 Å². The average Bonchev–Trinajstić information content (AvgIpc) is 2.42. The Morgan fingerprint density at radius 3 is 2.47 bits per heavy atom. The summed E-state index contributed by atoms with van der Waals surface area (Å²) >= 11 is 0. The highest BCUT2D eigenvalue weighted by molar-refractivity contribution is 7.49. The van der Waals surface area contributed by atoms with Gasteiger partial charge >= 0.3 is 7.82 Å². The fraction of sp³-hybridized carbons (Fsp3) is 0. The van der Waals surface area contributed by atoms with Crippen LogP contribution in [0.5, 0.6) is 23.0 Å². The first-order valence-electron chi connectivity index (χ1n) is 3.81. The van der Waals surface area contributed by atoms with Crippen LogP contribution < -0.4 is 25.4 Å². The summed E-state index contributed by atoms with van der Waals surface area (Å²) in [6.45, 7) is 0. The van der Waals surface area contributed by atoms with E-state index in [0.29, 0.717) is 0 Å². The van der Waals surface area contributed by atoms with Crippen molar-refractivity contribution in [2.75, 3.05) is 11.5 Å². The van der Waals surface area contributed by atoms with Crippen LogP contribution in [-0.4, -0.2) is 5.11 Å². The summed E-state index contributed by atoms with van der Waals surface area (Å²) < 4.78 is 25.7. The van der Waals surface area contributed by atoms with Crippen molar-refractivity contribution in [3.8, 4) is 23.0 Å². The molecule has 1 unspecified atom stereocenters. The van der Waals surface area contributed by atoms with Crippen molar-refractivity contribution in [1.29, 1.82) is 0 Å². The molecule has 0 fully saturated rings. The Balaban J connectivity index is 2.46. The number of rotatable bonds is 0. The van der Waals surface area contributed by atoms with Crippen LogP contribution in [0.4, 0.5) is 11.4 Å². The molecule has 1 atom stereocenters. The number of anilines is 2. The molecule has 0 aliphatic carbocycles. The van der Waals surface area contributed by atoms with Gasteiger partial charge in [0.1, 0.15) is 11.4 Å². The quantitative estimate of drug-likeness (QED) is 0.259. The normalized spacial score (nSPS) is 25.3. The maximum absolute atomic E-state index is 11.6. The molecule has 0 saturated carbocycles. The minimum Gasteiger partial charge on any atom is -0.503 e. The predicted octanol–water partition coefficient (Wildman–Crippen LogP) is 0.760. The van der Waals surface area contributed by atoms with Crippen molar-refractivity contribution in [3.05, 3.63) is 0 Å². The Kier molecular flexibility index (Phi) is 1.27. The van der Waals surface area contributed by atoms with Crippen LogP contribution in [0.2, 0.25) is 0 Å². The second-order valence-electron chi connectivity index (χ2n) is 2.95. The van der Waals surface area contributed by atoms with E-state index in [1.165, 1.54) is 0 Å². The zero-order valence-electron chi connectivity index (χ0n) is 7.09. The van der Waals surface area contributed by atoms with E-state index in [1.807, 2.05) is 0 Å². The van der Waals surface area contributed by atoms with Crippen LogP contribution >= 0.6 is 7.82 Å². The Morgan fingerprint density at radius 1 is 1.07 bits per heavy atom. The molecule has 15 heavy (non-hydrogen) atoms. The van der Waals surface area contributed by atoms with E-state index in [4.69, 9.17) is 20.5 Å². The SMILES string of the molecule is Nc1c(O)c2c(N)c3c1OP(=O)(OO3)O2. The van der Waals surface area contributed by atoms with E-state index in [1.54, 1.807) is 0 Å². The van der Waals surface area contributed by atoms with E-state index in [-0.39, 0.29) is 28.6 Å². The monoisotopic (exact) mass is 232 g/mol. The number of hydrogen-bond donors (Lipinski definition) is 3. The summed E-state index contributed by atoms with van der Waals surface area (Å²) in [5, 5.41) is 9.54. The fourth-order valence-electron chi connectivity index (χ4n) is 1.33. The number of nitrogen functional groups attached to an aromatic ring is 2. The van der Waals surface area contributed by atoms with Crippen LogP contribution in [0.15, 0.2) is 0 Å². The van der Waals surface area contributed by atoms with Gasteiger partial charge in [-0.25, -0.2) is 4.57 Å². The zero-order valence-corrected chi connectivity index (χ0v) is 7.98. The van der Waals surface area contributed by atoms with Gasteiger partial charge < -0.3 is 30.5 Å². The Hall–Kier alpha value is -1.79. The van der Waals surface area contributed by atoms with E-state index >= 15 is 0 Å². The molecule has 4 bridgehead atoms. The lowest BCUT2D eigenvalue weighted by atomic mass is 10.2. The fourth-order valence-corrected chi connectivity index (χ4v) is 2.40. The molecule has 0 radical (unpaired) electrons. The molecular formula is C6H5N2O6P. The third-order valence-electron chi connectivity index (χ3n) is 2.03. The minimum absolute atomic E-state index is 0.0516. The molecule has 1 aromatic carbocycles. The van der Waals surface area contributed by atoms with Crippen LogP contribution in [0, 0.1) is 0 Å². The molecular weight excluding hydrogens is 227 g/mol. The highest BCUT2D eigenvalue weighted by Crippen LogP contribution is 2.68. The first kappa shape index (κ1) is 8.51. The molecule has 4 aliphatic heterocycles. The minimum atomic E-state index is -3.93. The number of phenols is 1. The molecule has 9 heteroatoms. The molecule has 0 spiro atoms. The van der Waals surface area contributed by atoms with Gasteiger partial charge in [0.2, 0.25) is 17.2 Å². The molecule has 0 amide bonds. The number of aromatic hydroxyl groups is 1. The summed E-state index contributed by atoms with van der Waals surface area (Å²) in [6, 6.07) is 0. The van der Waals surface area contributed by atoms with E-state index in [2.05, 4.69) is 9.56 Å². The Morgan fingerprint density at radius 2 is 1.73 bits per heavy atom. The second-order valence-corrected chi connectivity index (χ2v) is 4.36. The maximum Gasteiger partial charge on any atom is 0.625 e. The van der Waals surface area contributed by atoms with Gasteiger partial charge in [0.15, 0.2) is 5.75 Å². The predicted molar refractivity (Wildman–Crippen MR) is 47.5 cm³/mol. The largest absolute Gasteiger partial charge is 0.625 e. The van der Waals surface area contributed by atoms with Crippen LogP contribution in [0.25, 0.3) is 0 Å². The molecule has 80 valence electrons. The van der Waals surface area contributed by atoms with Gasteiger partial charge in [-0.05, 0) is 0 Å². The third-order valence-corrected chi connectivity index (χ3v) is 3.10. The van der Waals surface area contributed by atoms with Crippen molar-refractivity contribution >= 4 is 19.2 Å². The van der Waals surface area contributed by atoms with E-state index in [0.717, 1.165) is 0 Å². The van der Waals surface area contributed by atoms with Gasteiger partial charge in [-0.15, -0.1) is 0 Å². The average molecular weight is 232 g/mol. The number of hydrogen-bond acceptors (Lipinski definition) is 8. The van der Waals surface area contributed by atoms with Gasteiger partial charge in [0.05, 0.1) is 0 Å². The number of phenolic OH excluding ortho intramolecular Hbond substituents is 1. The summed E-state index contributed by atoms with van der Waals surface area (Å²) in [5.41, 5.74) is 10.8. The van der Waals surface area contributed by atoms with E-state index < -0.39 is 13.6 Å². The number of phosphoric ester groups is 1. The lowest BCUT2D eigenvalue weighted by Gasteiger charge is -2.18. The van der Waals surface area contributed by atoms with Crippen molar-refractivity contribution in [2.45, 2.75) is 0 Å². The summed E-state index contributed by atoms with van der Waals surface area (Å²) in [5.74, 6) is -0.896. The first-order valence-corrected chi connectivity index (χ1v) is 5.27. The lowest BCUT2D eigenvalue weighted by molar-refractivity contribution is -0.127. The van der Waals surface area contributed by atoms with Crippen molar-refractivity contribution in [3.63, 3.8) is 0 Å². The first-order chi connectivity index (χ1) is 7.02. The number of benzene rings is 1. The van der Waals surface area contributed by atoms with Gasteiger partial charge in [0.25, 0.3) is 0 Å². The topological polar surface area (TPSA) is 126 Å². The summed E-state index contributed by atoms with van der Waals surface area (Å²) in [7, 11) is -3.93. The zero-order chi connectivity index (χ0) is 10.8.